The smallest absolute Gasteiger partial charge is 0.269 e. The summed E-state index contributed by atoms with van der Waals surface area (Å²) >= 11 is 1.44. The van der Waals surface area contributed by atoms with Crippen LogP contribution in [0.1, 0.15) is 28.4 Å². The molecule has 1 aliphatic rings. The minimum Gasteiger partial charge on any atom is -0.333 e. The maximum Gasteiger partial charge on any atom is 0.269 e. The normalized spacial score (nSPS) is 16.2. The Morgan fingerprint density at radius 2 is 2.20 bits per heavy atom. The second-order valence-electron chi connectivity index (χ2n) is 4.69. The van der Waals surface area contributed by atoms with E-state index in [1.165, 1.54) is 22.5 Å². The lowest BCUT2D eigenvalue weighted by Gasteiger charge is -2.27. The van der Waals surface area contributed by atoms with Gasteiger partial charge in [0.15, 0.2) is 5.82 Å². The van der Waals surface area contributed by atoms with Crippen LogP contribution in [0.15, 0.2) is 40.2 Å². The molecule has 0 amide bonds. The molecule has 0 saturated heterocycles. The number of hydrogen-bond donors (Lipinski definition) is 0. The van der Waals surface area contributed by atoms with Gasteiger partial charge in [-0.2, -0.15) is 10.2 Å². The molecule has 4 nitrogen and oxygen atoms in total. The van der Waals surface area contributed by atoms with Crippen LogP contribution < -0.4 is 0 Å². The quantitative estimate of drug-likeness (QED) is 0.721. The molecule has 0 bridgehead atoms. The Morgan fingerprint density at radius 1 is 1.30 bits per heavy atom. The molecule has 0 aliphatic heterocycles. The number of fused-ring (bicyclic) bond motifs is 1. The van der Waals surface area contributed by atoms with Crippen LogP contribution in [-0.4, -0.2) is 10.1 Å². The highest BCUT2D eigenvalue weighted by molar-refractivity contribution is 7.13. The second kappa shape index (κ2) is 4.29. The van der Waals surface area contributed by atoms with Gasteiger partial charge in [0.05, 0.1) is 11.5 Å². The van der Waals surface area contributed by atoms with Gasteiger partial charge in [0.1, 0.15) is 10.9 Å². The number of hydrogen-bond acceptors (Lipinski definition) is 5. The van der Waals surface area contributed by atoms with E-state index in [1.54, 1.807) is 6.07 Å². The molecule has 5 heteroatoms. The first-order valence-electron chi connectivity index (χ1n) is 6.26. The summed E-state index contributed by atoms with van der Waals surface area (Å²) in [6.45, 7) is 0. The van der Waals surface area contributed by atoms with Crippen molar-refractivity contribution in [3.63, 3.8) is 0 Å². The summed E-state index contributed by atoms with van der Waals surface area (Å²) in [7, 11) is 0. The van der Waals surface area contributed by atoms with Crippen LogP contribution in [0.2, 0.25) is 0 Å². The highest BCUT2D eigenvalue weighted by Gasteiger charge is 2.31. The van der Waals surface area contributed by atoms with Crippen molar-refractivity contribution in [2.45, 2.75) is 12.3 Å². The topological polar surface area (TPSA) is 62.7 Å². The predicted molar refractivity (Wildman–Crippen MR) is 74.3 cm³/mol. The molecule has 96 valence electrons. The molecule has 0 spiro atoms. The van der Waals surface area contributed by atoms with Crippen LogP contribution in [-0.2, 0) is 6.42 Å². The molecule has 1 atom stereocenters. The van der Waals surface area contributed by atoms with Gasteiger partial charge in [-0.1, -0.05) is 29.4 Å². The standard InChI is InChI=1S/C15H9N3OS/c16-8-10-5-6-20-13(10)15-17-14(18-19-15)12-7-9-3-1-2-4-11(9)12/h1-6,12H,7H2. The molecule has 0 fully saturated rings. The zero-order valence-electron chi connectivity index (χ0n) is 10.4. The Hall–Kier alpha value is -2.45. The Morgan fingerprint density at radius 3 is 3.05 bits per heavy atom. The Balaban J connectivity index is 1.70. The lowest BCUT2D eigenvalue weighted by molar-refractivity contribution is 0.417. The second-order valence-corrected chi connectivity index (χ2v) is 5.60. The number of nitrogens with zero attached hydrogens (tertiary/aromatic N) is 3. The van der Waals surface area contributed by atoms with E-state index in [-0.39, 0.29) is 5.92 Å². The van der Waals surface area contributed by atoms with Gasteiger partial charge < -0.3 is 4.52 Å². The van der Waals surface area contributed by atoms with Crippen LogP contribution in [0.25, 0.3) is 10.8 Å². The summed E-state index contributed by atoms with van der Waals surface area (Å²) in [6.07, 6.45) is 0.949. The molecule has 2 aromatic heterocycles. The maximum absolute atomic E-state index is 9.04. The summed E-state index contributed by atoms with van der Waals surface area (Å²) < 4.78 is 5.32. The van der Waals surface area contributed by atoms with Gasteiger partial charge >= 0.3 is 0 Å². The molecule has 20 heavy (non-hydrogen) atoms. The molecule has 0 N–H and O–H groups in total. The highest BCUT2D eigenvalue weighted by Crippen LogP contribution is 2.39. The van der Waals surface area contributed by atoms with Crippen LogP contribution in [0.4, 0.5) is 0 Å². The molecule has 2 heterocycles. The van der Waals surface area contributed by atoms with Gasteiger partial charge in [0.25, 0.3) is 5.89 Å². The van der Waals surface area contributed by atoms with Crippen molar-refractivity contribution < 1.29 is 4.52 Å². The van der Waals surface area contributed by atoms with Gasteiger partial charge in [-0.25, -0.2) is 0 Å². The van der Waals surface area contributed by atoms with Crippen LogP contribution in [0.5, 0.6) is 0 Å². The van der Waals surface area contributed by atoms with Crippen molar-refractivity contribution in [3.8, 4) is 16.8 Å². The first-order chi connectivity index (χ1) is 9.86. The minimum absolute atomic E-state index is 0.217. The number of nitriles is 1. The van der Waals surface area contributed by atoms with E-state index in [0.717, 1.165) is 11.3 Å². The van der Waals surface area contributed by atoms with Crippen LogP contribution >= 0.6 is 11.3 Å². The Kier molecular flexibility index (Phi) is 2.44. The molecular weight excluding hydrogens is 270 g/mol. The Labute approximate surface area is 119 Å². The summed E-state index contributed by atoms with van der Waals surface area (Å²) in [4.78, 5) is 5.21. The van der Waals surface area contributed by atoms with E-state index in [4.69, 9.17) is 9.78 Å². The van der Waals surface area contributed by atoms with Crippen molar-refractivity contribution in [1.29, 1.82) is 5.26 Å². The fourth-order valence-electron chi connectivity index (χ4n) is 2.52. The SMILES string of the molecule is N#Cc1ccsc1-c1nc(C2Cc3ccccc32)no1. The third-order valence-corrected chi connectivity index (χ3v) is 4.49. The first kappa shape index (κ1) is 11.4. The van der Waals surface area contributed by atoms with E-state index in [9.17, 15) is 0 Å². The summed E-state index contributed by atoms with van der Waals surface area (Å²) in [6, 6.07) is 12.2. The minimum atomic E-state index is 0.217. The first-order valence-corrected chi connectivity index (χ1v) is 7.14. The van der Waals surface area contributed by atoms with E-state index in [0.29, 0.717) is 17.3 Å². The average Bonchev–Trinajstić information content (AvgIpc) is 3.08. The summed E-state index contributed by atoms with van der Waals surface area (Å²) in [5.41, 5.74) is 3.20. The molecular formula is C15H9N3OS. The van der Waals surface area contributed by atoms with Crippen LogP contribution in [0, 0.1) is 11.3 Å². The van der Waals surface area contributed by atoms with Gasteiger partial charge in [-0.05, 0) is 29.0 Å². The van der Waals surface area contributed by atoms with Gasteiger partial charge in [-0.15, -0.1) is 11.3 Å². The lowest BCUT2D eigenvalue weighted by Crippen LogP contribution is -2.19. The molecule has 0 saturated carbocycles. The molecule has 1 aromatic carbocycles. The van der Waals surface area contributed by atoms with E-state index in [2.05, 4.69) is 28.3 Å². The number of thiophene rings is 1. The van der Waals surface area contributed by atoms with Gasteiger partial charge in [-0.3, -0.25) is 0 Å². The average molecular weight is 279 g/mol. The fourth-order valence-corrected chi connectivity index (χ4v) is 3.29. The van der Waals surface area contributed by atoms with Crippen molar-refractivity contribution in [1.82, 2.24) is 10.1 Å². The zero-order chi connectivity index (χ0) is 13.5. The largest absolute Gasteiger partial charge is 0.333 e. The highest BCUT2D eigenvalue weighted by atomic mass is 32.1. The van der Waals surface area contributed by atoms with Crippen molar-refractivity contribution in [3.05, 3.63) is 58.2 Å². The fraction of sp³-hybridized carbons (Fsp3) is 0.133. The van der Waals surface area contributed by atoms with E-state index in [1.807, 2.05) is 17.5 Å². The van der Waals surface area contributed by atoms with Crippen molar-refractivity contribution in [2.75, 3.05) is 0 Å². The van der Waals surface area contributed by atoms with Crippen molar-refractivity contribution >= 4 is 11.3 Å². The van der Waals surface area contributed by atoms with Crippen molar-refractivity contribution in [2.24, 2.45) is 0 Å². The van der Waals surface area contributed by atoms with E-state index >= 15 is 0 Å². The maximum atomic E-state index is 9.04. The third-order valence-electron chi connectivity index (χ3n) is 3.59. The molecule has 1 unspecified atom stereocenters. The number of rotatable bonds is 2. The van der Waals surface area contributed by atoms with Crippen LogP contribution in [0.3, 0.4) is 0 Å². The van der Waals surface area contributed by atoms with E-state index < -0.39 is 0 Å². The molecule has 4 rings (SSSR count). The lowest BCUT2D eigenvalue weighted by atomic mass is 9.77. The zero-order valence-corrected chi connectivity index (χ0v) is 11.2. The van der Waals surface area contributed by atoms with Gasteiger partial charge in [0, 0.05) is 0 Å². The summed E-state index contributed by atoms with van der Waals surface area (Å²) in [5, 5.41) is 15.0. The van der Waals surface area contributed by atoms with Gasteiger partial charge in [0.2, 0.25) is 0 Å². The third kappa shape index (κ3) is 1.59. The molecule has 0 radical (unpaired) electrons. The molecule has 3 aromatic rings. The number of benzene rings is 1. The summed E-state index contributed by atoms with van der Waals surface area (Å²) in [5.74, 6) is 1.36. The predicted octanol–water partition coefficient (Wildman–Crippen LogP) is 3.36. The monoisotopic (exact) mass is 279 g/mol. The Bertz CT molecular complexity index is 828. The molecule has 1 aliphatic carbocycles. The number of aromatic nitrogens is 2.